The number of ether oxygens (including phenoxy) is 2. The third-order valence-corrected chi connectivity index (χ3v) is 9.09. The number of benzene rings is 1. The van der Waals surface area contributed by atoms with Gasteiger partial charge in [-0.25, -0.2) is 8.78 Å². The molecule has 0 aliphatic carbocycles. The molecular weight excluding hydrogens is 637 g/mol. The number of alkyl halides is 1. The summed E-state index contributed by atoms with van der Waals surface area (Å²) in [6, 6.07) is 6.14. The van der Waals surface area contributed by atoms with Crippen molar-refractivity contribution < 1.29 is 27.6 Å². The summed E-state index contributed by atoms with van der Waals surface area (Å²) >= 11 is 0. The molecule has 3 heterocycles. The SMILES string of the molecule is C#CC[C@@H]1C[C@@H](Oc2cc(O[C@@H](C)[C@@H](C)C[C@@H](F)CNC)nc(-c3noc(C(C)(C)c4c(F)cccc4P)n3)n2)CCN1C(=O)C(=C)C. The lowest BCUT2D eigenvalue weighted by Gasteiger charge is -2.38. The number of rotatable bonds is 14. The number of amides is 1. The van der Waals surface area contributed by atoms with Crippen LogP contribution < -0.4 is 20.1 Å². The van der Waals surface area contributed by atoms with Gasteiger partial charge in [-0.15, -0.1) is 21.6 Å². The van der Waals surface area contributed by atoms with Crippen LogP contribution in [0.1, 0.15) is 71.8 Å². The van der Waals surface area contributed by atoms with Crippen LogP contribution in [0.15, 0.2) is 40.9 Å². The Bertz CT molecular complexity index is 1620. The van der Waals surface area contributed by atoms with E-state index in [-0.39, 0.29) is 59.8 Å². The number of piperidine rings is 1. The van der Waals surface area contributed by atoms with Crippen molar-refractivity contribution >= 4 is 20.5 Å². The molecule has 1 aliphatic heterocycles. The first-order chi connectivity index (χ1) is 22.7. The summed E-state index contributed by atoms with van der Waals surface area (Å²) in [5.41, 5.74) is -0.140. The predicted molar refractivity (Wildman–Crippen MR) is 183 cm³/mol. The van der Waals surface area contributed by atoms with Gasteiger partial charge in [-0.05, 0) is 58.5 Å². The van der Waals surface area contributed by atoms with E-state index in [2.05, 4.69) is 47.2 Å². The molecule has 0 spiro atoms. The van der Waals surface area contributed by atoms with Crippen LogP contribution in [-0.2, 0) is 10.2 Å². The van der Waals surface area contributed by atoms with Gasteiger partial charge in [0.25, 0.3) is 0 Å². The lowest BCUT2D eigenvalue weighted by molar-refractivity contribution is -0.131. The van der Waals surface area contributed by atoms with E-state index in [1.807, 2.05) is 13.8 Å². The first-order valence-electron chi connectivity index (χ1n) is 16.0. The minimum absolute atomic E-state index is 0.0562. The summed E-state index contributed by atoms with van der Waals surface area (Å²) < 4.78 is 47.6. The van der Waals surface area contributed by atoms with E-state index in [1.54, 1.807) is 50.9 Å². The zero-order valence-electron chi connectivity index (χ0n) is 28.4. The molecule has 0 bridgehead atoms. The van der Waals surface area contributed by atoms with Crippen molar-refractivity contribution in [2.45, 2.75) is 90.1 Å². The van der Waals surface area contributed by atoms with E-state index in [1.165, 1.54) is 6.07 Å². The molecule has 0 saturated carbocycles. The Morgan fingerprint density at radius 3 is 2.67 bits per heavy atom. The number of aromatic nitrogens is 4. The lowest BCUT2D eigenvalue weighted by atomic mass is 9.84. The molecule has 1 aliphatic rings. The van der Waals surface area contributed by atoms with Crippen LogP contribution in [0.5, 0.6) is 11.8 Å². The number of carbonyl (C=O) groups excluding carboxylic acids is 1. The van der Waals surface area contributed by atoms with Crippen LogP contribution in [0, 0.1) is 24.1 Å². The zero-order chi connectivity index (χ0) is 35.2. The van der Waals surface area contributed by atoms with Gasteiger partial charge in [0.1, 0.15) is 24.2 Å². The fourth-order valence-electron chi connectivity index (χ4n) is 5.84. The Morgan fingerprint density at radius 1 is 1.27 bits per heavy atom. The van der Waals surface area contributed by atoms with Gasteiger partial charge in [-0.3, -0.25) is 4.79 Å². The van der Waals surface area contributed by atoms with Gasteiger partial charge in [0, 0.05) is 49.5 Å². The number of halogens is 2. The second-order valence-electron chi connectivity index (χ2n) is 12.9. The molecule has 3 aromatic rings. The number of carbonyl (C=O) groups is 1. The molecule has 1 unspecified atom stereocenters. The fraction of sp³-hybridized carbons (Fsp3) is 0.514. The molecule has 48 heavy (non-hydrogen) atoms. The second-order valence-corrected chi connectivity index (χ2v) is 13.5. The second kappa shape index (κ2) is 16.0. The van der Waals surface area contributed by atoms with Crippen LogP contribution >= 0.6 is 9.24 Å². The normalized spacial score (nSPS) is 18.5. The summed E-state index contributed by atoms with van der Waals surface area (Å²) in [4.78, 5) is 28.2. The summed E-state index contributed by atoms with van der Waals surface area (Å²) in [6.07, 6.45) is 5.55. The first-order valence-corrected chi connectivity index (χ1v) is 16.6. The molecule has 1 amide bonds. The number of nitrogens with zero attached hydrogens (tertiary/aromatic N) is 5. The molecule has 0 radical (unpaired) electrons. The van der Waals surface area contributed by atoms with Crippen molar-refractivity contribution in [3.8, 4) is 35.8 Å². The standard InChI is InChI=1S/C35H45F2N6O4P/c1-9-11-24-17-25(14-15-43(24)33(44)20(2)3)46-29-18-28(45-22(5)21(4)16-23(36)19-38-8)39-31(40-29)32-41-34(47-42-32)35(6,7)30-26(37)12-10-13-27(30)48/h1,10,12-13,18,21-25,38H,2,11,14-17,19,48H2,3-8H3/t21-,22-,23+,24+,25-/m0/s1. The Morgan fingerprint density at radius 2 is 2.00 bits per heavy atom. The predicted octanol–water partition coefficient (Wildman–Crippen LogP) is 5.18. The summed E-state index contributed by atoms with van der Waals surface area (Å²) in [7, 11) is 4.25. The molecule has 1 aromatic carbocycles. The van der Waals surface area contributed by atoms with Crippen molar-refractivity contribution in [1.82, 2.24) is 30.3 Å². The van der Waals surface area contributed by atoms with Gasteiger partial charge in [0.15, 0.2) is 0 Å². The Kier molecular flexibility index (Phi) is 12.3. The topological polar surface area (TPSA) is 116 Å². The van der Waals surface area contributed by atoms with Crippen molar-refractivity contribution in [2.75, 3.05) is 20.1 Å². The van der Waals surface area contributed by atoms with Crippen LogP contribution in [0.2, 0.25) is 0 Å². The minimum atomic E-state index is -1.04. The average Bonchev–Trinajstić information content (AvgIpc) is 3.53. The highest BCUT2D eigenvalue weighted by Gasteiger charge is 2.36. The number of likely N-dealkylation sites (tertiary alicyclic amines) is 1. The molecule has 10 nitrogen and oxygen atoms in total. The monoisotopic (exact) mass is 682 g/mol. The summed E-state index contributed by atoms with van der Waals surface area (Å²) in [5.74, 6) is 2.65. The molecule has 4 rings (SSSR count). The summed E-state index contributed by atoms with van der Waals surface area (Å²) in [5, 5.41) is 7.65. The van der Waals surface area contributed by atoms with E-state index in [0.29, 0.717) is 48.7 Å². The minimum Gasteiger partial charge on any atom is -0.474 e. The van der Waals surface area contributed by atoms with Crippen molar-refractivity contribution in [3.63, 3.8) is 0 Å². The highest BCUT2D eigenvalue weighted by molar-refractivity contribution is 7.27. The molecular formula is C35H45F2N6O4P. The van der Waals surface area contributed by atoms with E-state index >= 15 is 0 Å². The molecule has 1 saturated heterocycles. The third-order valence-electron chi connectivity index (χ3n) is 8.61. The zero-order valence-corrected chi connectivity index (χ0v) is 29.6. The van der Waals surface area contributed by atoms with Crippen LogP contribution in [0.25, 0.3) is 11.6 Å². The van der Waals surface area contributed by atoms with Gasteiger partial charge in [0.2, 0.25) is 35.2 Å². The fourth-order valence-corrected chi connectivity index (χ4v) is 6.45. The Hall–Kier alpha value is -3.94. The van der Waals surface area contributed by atoms with Gasteiger partial charge >= 0.3 is 0 Å². The van der Waals surface area contributed by atoms with Crippen molar-refractivity contribution in [1.29, 1.82) is 0 Å². The molecule has 6 atom stereocenters. The van der Waals surface area contributed by atoms with Crippen molar-refractivity contribution in [2.24, 2.45) is 5.92 Å². The quantitative estimate of drug-likeness (QED) is 0.140. The van der Waals surface area contributed by atoms with Gasteiger partial charge < -0.3 is 24.2 Å². The third kappa shape index (κ3) is 8.74. The Balaban J connectivity index is 1.65. The number of hydrogen-bond acceptors (Lipinski definition) is 9. The maximum absolute atomic E-state index is 15.0. The van der Waals surface area contributed by atoms with E-state index < -0.39 is 23.5 Å². The number of nitrogens with one attached hydrogen (secondary N) is 1. The van der Waals surface area contributed by atoms with E-state index in [9.17, 15) is 13.6 Å². The highest BCUT2D eigenvalue weighted by Crippen LogP contribution is 2.34. The molecule has 2 aromatic heterocycles. The van der Waals surface area contributed by atoms with Gasteiger partial charge in [-0.2, -0.15) is 15.0 Å². The van der Waals surface area contributed by atoms with Gasteiger partial charge in [-0.1, -0.05) is 30.8 Å². The first kappa shape index (κ1) is 36.9. The van der Waals surface area contributed by atoms with Crippen LogP contribution in [0.3, 0.4) is 0 Å². The Labute approximate surface area is 283 Å². The van der Waals surface area contributed by atoms with E-state index in [4.69, 9.17) is 20.4 Å². The average molecular weight is 683 g/mol. The number of terminal acetylenes is 1. The molecule has 13 heteroatoms. The largest absolute Gasteiger partial charge is 0.474 e. The van der Waals surface area contributed by atoms with Crippen LogP contribution in [0.4, 0.5) is 8.78 Å². The lowest BCUT2D eigenvalue weighted by Crippen LogP contribution is -2.49. The molecule has 1 N–H and O–H groups in total. The van der Waals surface area contributed by atoms with Crippen LogP contribution in [-0.4, -0.2) is 75.5 Å². The maximum atomic E-state index is 15.0. The molecule has 1 fully saturated rings. The maximum Gasteiger partial charge on any atom is 0.249 e. The number of hydrogen-bond donors (Lipinski definition) is 1. The molecule has 258 valence electrons. The van der Waals surface area contributed by atoms with Crippen molar-refractivity contribution in [3.05, 3.63) is 53.7 Å². The van der Waals surface area contributed by atoms with E-state index in [0.717, 1.165) is 0 Å². The smallest absolute Gasteiger partial charge is 0.249 e. The summed E-state index contributed by atoms with van der Waals surface area (Å²) in [6.45, 7) is 13.5. The van der Waals surface area contributed by atoms with Gasteiger partial charge in [0.05, 0.1) is 11.5 Å². The highest BCUT2D eigenvalue weighted by atomic mass is 31.0.